The van der Waals surface area contributed by atoms with Crippen LogP contribution in [0.4, 0.5) is 5.82 Å². The Morgan fingerprint density at radius 3 is 3.27 bits per heavy atom. The van der Waals surface area contributed by atoms with Crippen molar-refractivity contribution in [2.75, 3.05) is 4.90 Å². The van der Waals surface area contributed by atoms with Gasteiger partial charge in [-0.15, -0.1) is 0 Å². The molecule has 72 valence electrons. The quantitative estimate of drug-likeness (QED) is 0.635. The van der Waals surface area contributed by atoms with Gasteiger partial charge in [-0.05, 0) is 18.2 Å². The number of hydrogen-bond donors (Lipinski definition) is 0. The number of allylic oxidation sites excluding steroid dienone is 3. The fraction of sp³-hybridized carbons (Fsp3) is 0. The number of aliphatic imine (C=N–C) groups is 1. The third-order valence-corrected chi connectivity index (χ3v) is 2.37. The smallest absolute Gasteiger partial charge is 0.144 e. The van der Waals surface area contributed by atoms with E-state index in [4.69, 9.17) is 0 Å². The van der Waals surface area contributed by atoms with Crippen molar-refractivity contribution in [1.29, 1.82) is 0 Å². The minimum atomic E-state index is 0.944. The van der Waals surface area contributed by atoms with Gasteiger partial charge < -0.3 is 0 Å². The van der Waals surface area contributed by atoms with E-state index in [0.29, 0.717) is 0 Å². The van der Waals surface area contributed by atoms with Crippen molar-refractivity contribution in [3.05, 3.63) is 54.1 Å². The van der Waals surface area contributed by atoms with E-state index in [-0.39, 0.29) is 0 Å². The molecule has 2 aliphatic heterocycles. The summed E-state index contributed by atoms with van der Waals surface area (Å²) in [4.78, 5) is 10.5. The van der Waals surface area contributed by atoms with Crippen molar-refractivity contribution in [1.82, 2.24) is 4.98 Å². The van der Waals surface area contributed by atoms with Gasteiger partial charge in [-0.3, -0.25) is 9.89 Å². The third-order valence-electron chi connectivity index (χ3n) is 2.37. The van der Waals surface area contributed by atoms with Crippen LogP contribution in [0.2, 0.25) is 0 Å². The highest BCUT2D eigenvalue weighted by atomic mass is 15.2. The van der Waals surface area contributed by atoms with E-state index >= 15 is 0 Å². The van der Waals surface area contributed by atoms with E-state index in [2.05, 4.69) is 22.1 Å². The van der Waals surface area contributed by atoms with Gasteiger partial charge in [0.15, 0.2) is 0 Å². The fourth-order valence-corrected chi connectivity index (χ4v) is 1.68. The Bertz CT molecular complexity index is 509. The van der Waals surface area contributed by atoms with Crippen molar-refractivity contribution in [2.45, 2.75) is 0 Å². The minimum absolute atomic E-state index is 0.944. The highest BCUT2D eigenvalue weighted by Crippen LogP contribution is 2.26. The summed E-state index contributed by atoms with van der Waals surface area (Å²) in [6.07, 6.45) is 13.4. The number of fused-ring (bicyclic) bond motifs is 3. The van der Waals surface area contributed by atoms with Crippen molar-refractivity contribution < 1.29 is 0 Å². The van der Waals surface area contributed by atoms with Crippen LogP contribution < -0.4 is 4.90 Å². The van der Waals surface area contributed by atoms with E-state index < -0.39 is 0 Å². The molecule has 3 nitrogen and oxygen atoms in total. The van der Waals surface area contributed by atoms with Gasteiger partial charge in [-0.25, -0.2) is 4.98 Å². The molecule has 3 heterocycles. The Kier molecular flexibility index (Phi) is 1.75. The van der Waals surface area contributed by atoms with E-state index in [9.17, 15) is 0 Å². The minimum Gasteiger partial charge on any atom is -0.298 e. The van der Waals surface area contributed by atoms with Crippen LogP contribution in [0.3, 0.4) is 0 Å². The standard InChI is InChI=1S/C12H9N3/c1-3-10-4-2-6-14-12(10)15-8-7-13-9-11(15)5-1/h1-9H. The molecule has 0 amide bonds. The molecule has 0 unspecified atom stereocenters. The summed E-state index contributed by atoms with van der Waals surface area (Å²) in [6.45, 7) is 0. The lowest BCUT2D eigenvalue weighted by Crippen LogP contribution is -2.19. The lowest BCUT2D eigenvalue weighted by atomic mass is 10.2. The number of anilines is 1. The van der Waals surface area contributed by atoms with Gasteiger partial charge in [0.1, 0.15) is 5.82 Å². The predicted molar refractivity (Wildman–Crippen MR) is 61.5 cm³/mol. The highest BCUT2D eigenvalue weighted by Gasteiger charge is 2.15. The van der Waals surface area contributed by atoms with E-state index in [1.807, 2.05) is 35.5 Å². The van der Waals surface area contributed by atoms with Crippen LogP contribution >= 0.6 is 0 Å². The van der Waals surface area contributed by atoms with Gasteiger partial charge in [0.25, 0.3) is 0 Å². The molecule has 0 aromatic carbocycles. The maximum atomic E-state index is 4.38. The molecule has 15 heavy (non-hydrogen) atoms. The van der Waals surface area contributed by atoms with Gasteiger partial charge in [-0.1, -0.05) is 12.2 Å². The molecule has 1 aromatic rings. The largest absolute Gasteiger partial charge is 0.298 e. The second-order valence-electron chi connectivity index (χ2n) is 3.31. The van der Waals surface area contributed by atoms with Crippen LogP contribution in [0.5, 0.6) is 0 Å². The molecule has 2 aliphatic rings. The van der Waals surface area contributed by atoms with Crippen molar-refractivity contribution in [3.63, 3.8) is 0 Å². The molecule has 0 bridgehead atoms. The topological polar surface area (TPSA) is 28.5 Å². The van der Waals surface area contributed by atoms with Gasteiger partial charge in [0.2, 0.25) is 0 Å². The first-order chi connectivity index (χ1) is 7.45. The summed E-state index contributed by atoms with van der Waals surface area (Å²) in [7, 11) is 0. The Labute approximate surface area is 87.8 Å². The summed E-state index contributed by atoms with van der Waals surface area (Å²) in [5, 5.41) is 0. The molecule has 0 spiro atoms. The lowest BCUT2D eigenvalue weighted by molar-refractivity contribution is 1.12. The Hall–Kier alpha value is -2.16. The lowest BCUT2D eigenvalue weighted by Gasteiger charge is -2.21. The van der Waals surface area contributed by atoms with E-state index in [1.54, 1.807) is 12.4 Å². The van der Waals surface area contributed by atoms with E-state index in [1.165, 1.54) is 0 Å². The molecule has 0 radical (unpaired) electrons. The molecule has 3 heteroatoms. The SMILES string of the molecule is C1=Cc2cccnc2N2C=CN=CC2=C1. The Balaban J connectivity index is 2.20. The number of nitrogens with zero attached hydrogens (tertiary/aromatic N) is 3. The maximum Gasteiger partial charge on any atom is 0.144 e. The first kappa shape index (κ1) is 8.17. The normalized spacial score (nSPS) is 16.8. The molecule has 0 fully saturated rings. The number of aromatic nitrogens is 1. The number of pyridine rings is 1. The van der Waals surface area contributed by atoms with Gasteiger partial charge >= 0.3 is 0 Å². The summed E-state index contributed by atoms with van der Waals surface area (Å²) >= 11 is 0. The van der Waals surface area contributed by atoms with Crippen LogP contribution in [0.15, 0.2) is 53.6 Å². The van der Waals surface area contributed by atoms with Crippen molar-refractivity contribution in [3.8, 4) is 0 Å². The average Bonchev–Trinajstić information content (AvgIpc) is 2.48. The first-order valence-corrected chi connectivity index (χ1v) is 4.77. The van der Waals surface area contributed by atoms with Crippen LogP contribution in [-0.4, -0.2) is 11.2 Å². The highest BCUT2D eigenvalue weighted by molar-refractivity contribution is 5.89. The van der Waals surface area contributed by atoms with Crippen LogP contribution in [0.25, 0.3) is 6.08 Å². The van der Waals surface area contributed by atoms with Gasteiger partial charge in [0, 0.05) is 24.2 Å². The second kappa shape index (κ2) is 3.20. The molecular formula is C12H9N3. The van der Waals surface area contributed by atoms with Crippen molar-refractivity contribution in [2.24, 2.45) is 4.99 Å². The zero-order chi connectivity index (χ0) is 10.1. The Morgan fingerprint density at radius 1 is 1.27 bits per heavy atom. The summed E-state index contributed by atoms with van der Waals surface area (Å²) in [6, 6.07) is 3.99. The molecule has 0 saturated carbocycles. The van der Waals surface area contributed by atoms with Crippen LogP contribution in [0, 0.1) is 0 Å². The van der Waals surface area contributed by atoms with Gasteiger partial charge in [-0.2, -0.15) is 0 Å². The second-order valence-corrected chi connectivity index (χ2v) is 3.31. The first-order valence-electron chi connectivity index (χ1n) is 4.77. The third kappa shape index (κ3) is 1.29. The molecule has 0 saturated heterocycles. The van der Waals surface area contributed by atoms with Crippen LogP contribution in [-0.2, 0) is 0 Å². The zero-order valence-electron chi connectivity index (χ0n) is 8.04. The zero-order valence-corrected chi connectivity index (χ0v) is 8.04. The molecular weight excluding hydrogens is 186 g/mol. The molecule has 0 aliphatic carbocycles. The molecule has 0 atom stereocenters. The summed E-state index contributed by atoms with van der Waals surface area (Å²) < 4.78 is 0. The monoisotopic (exact) mass is 195 g/mol. The maximum absolute atomic E-state index is 4.38. The predicted octanol–water partition coefficient (Wildman–Crippen LogP) is 2.35. The average molecular weight is 195 g/mol. The van der Waals surface area contributed by atoms with Gasteiger partial charge in [0.05, 0.1) is 11.9 Å². The number of hydrogen-bond acceptors (Lipinski definition) is 3. The Morgan fingerprint density at radius 2 is 2.27 bits per heavy atom. The molecule has 3 rings (SSSR count). The summed E-state index contributed by atoms with van der Waals surface area (Å²) in [5.74, 6) is 0.944. The fourth-order valence-electron chi connectivity index (χ4n) is 1.68. The number of rotatable bonds is 0. The molecule has 0 N–H and O–H groups in total. The van der Waals surface area contributed by atoms with E-state index in [0.717, 1.165) is 17.1 Å². The van der Waals surface area contributed by atoms with Crippen LogP contribution in [0.1, 0.15) is 5.56 Å². The summed E-state index contributed by atoms with van der Waals surface area (Å²) in [5.41, 5.74) is 2.15. The molecule has 1 aromatic heterocycles. The van der Waals surface area contributed by atoms with Crippen molar-refractivity contribution >= 4 is 18.1 Å².